The Morgan fingerprint density at radius 2 is 2.08 bits per heavy atom. The van der Waals surface area contributed by atoms with Crippen molar-refractivity contribution in [2.75, 3.05) is 44.7 Å². The van der Waals surface area contributed by atoms with E-state index >= 15 is 0 Å². The van der Waals surface area contributed by atoms with Gasteiger partial charge in [-0.2, -0.15) is 15.2 Å². The van der Waals surface area contributed by atoms with Crippen LogP contribution in [0.3, 0.4) is 0 Å². The van der Waals surface area contributed by atoms with Crippen molar-refractivity contribution in [3.8, 4) is 12.1 Å². The van der Waals surface area contributed by atoms with Crippen LogP contribution >= 0.6 is 0 Å². The third kappa shape index (κ3) is 5.04. The molecule has 4 aliphatic rings. The molecule has 4 heterocycles. The zero-order chi connectivity index (χ0) is 27.8. The van der Waals surface area contributed by atoms with Crippen LogP contribution in [0.2, 0.25) is 0 Å². The minimum absolute atomic E-state index is 0.0183. The number of carbonyl (C=O) groups is 1. The van der Waals surface area contributed by atoms with Crippen molar-refractivity contribution in [3.63, 3.8) is 0 Å². The molecule has 1 aromatic heterocycles. The first-order chi connectivity index (χ1) is 19.4. The highest BCUT2D eigenvalue weighted by atomic mass is 19.1. The molecule has 0 N–H and O–H groups in total. The molecule has 4 atom stereocenters. The van der Waals surface area contributed by atoms with Crippen LogP contribution < -0.4 is 9.64 Å². The molecule has 0 saturated carbocycles. The number of amides is 1. The van der Waals surface area contributed by atoms with E-state index in [1.165, 1.54) is 17.2 Å². The Hall–Kier alpha value is -3.55. The van der Waals surface area contributed by atoms with Crippen LogP contribution in [-0.2, 0) is 24.3 Å². The van der Waals surface area contributed by atoms with Crippen LogP contribution in [-0.4, -0.2) is 88.7 Å². The summed E-state index contributed by atoms with van der Waals surface area (Å²) in [7, 11) is 1.92. The number of aromatic nitrogens is 2. The number of piperazine rings is 1. The Kier molecular flexibility index (Phi) is 7.43. The van der Waals surface area contributed by atoms with E-state index in [2.05, 4.69) is 46.7 Å². The maximum absolute atomic E-state index is 13.9. The Labute approximate surface area is 234 Å². The fraction of sp³-hybridized carbons (Fsp3) is 0.533. The summed E-state index contributed by atoms with van der Waals surface area (Å²) in [6.45, 7) is 7.37. The van der Waals surface area contributed by atoms with Gasteiger partial charge in [0.05, 0.1) is 24.2 Å². The highest BCUT2D eigenvalue weighted by Gasteiger charge is 2.38. The van der Waals surface area contributed by atoms with Gasteiger partial charge in [0.15, 0.2) is 0 Å². The number of alkyl halides is 1. The molecule has 210 valence electrons. The lowest BCUT2D eigenvalue weighted by molar-refractivity contribution is -0.128. The first kappa shape index (κ1) is 26.7. The first-order valence-electron chi connectivity index (χ1n) is 14.2. The fourth-order valence-corrected chi connectivity index (χ4v) is 6.81. The fourth-order valence-electron chi connectivity index (χ4n) is 6.81. The number of anilines is 1. The zero-order valence-electron chi connectivity index (χ0n) is 23.0. The van der Waals surface area contributed by atoms with Gasteiger partial charge in [-0.3, -0.25) is 14.6 Å². The van der Waals surface area contributed by atoms with E-state index in [1.54, 1.807) is 4.90 Å². The van der Waals surface area contributed by atoms with Gasteiger partial charge in [0.25, 0.3) is 0 Å². The topological polar surface area (TPSA) is 88.8 Å². The van der Waals surface area contributed by atoms with Gasteiger partial charge >= 0.3 is 6.01 Å². The van der Waals surface area contributed by atoms with Crippen LogP contribution in [0.25, 0.3) is 0 Å². The highest BCUT2D eigenvalue weighted by Crippen LogP contribution is 2.42. The number of hydrogen-bond donors (Lipinski definition) is 0. The summed E-state index contributed by atoms with van der Waals surface area (Å²) in [5.41, 5.74) is 4.83. The van der Waals surface area contributed by atoms with Crippen LogP contribution in [0.1, 0.15) is 47.7 Å². The Morgan fingerprint density at radius 3 is 2.85 bits per heavy atom. The molecule has 1 aliphatic carbocycles. The number of halogens is 1. The lowest BCUT2D eigenvalue weighted by Crippen LogP contribution is -2.55. The number of carbonyl (C=O) groups excluding carboxylic acids is 1. The van der Waals surface area contributed by atoms with Gasteiger partial charge in [-0.1, -0.05) is 30.8 Å². The number of fused-ring (bicyclic) bond motifs is 2. The molecule has 2 fully saturated rings. The number of rotatable bonds is 7. The summed E-state index contributed by atoms with van der Waals surface area (Å²) in [6, 6.07) is 11.3. The molecule has 40 heavy (non-hydrogen) atoms. The normalized spacial score (nSPS) is 26.4. The Balaban J connectivity index is 1.28. The van der Waals surface area contributed by atoms with Crippen molar-refractivity contribution in [3.05, 3.63) is 59.3 Å². The smallest absolute Gasteiger partial charge is 0.318 e. The predicted molar refractivity (Wildman–Crippen MR) is 148 cm³/mol. The van der Waals surface area contributed by atoms with Crippen molar-refractivity contribution >= 4 is 11.7 Å². The second-order valence-electron chi connectivity index (χ2n) is 11.3. The van der Waals surface area contributed by atoms with E-state index in [4.69, 9.17) is 14.7 Å². The lowest BCUT2D eigenvalue weighted by Gasteiger charge is -2.41. The first-order valence-corrected chi connectivity index (χ1v) is 14.2. The minimum atomic E-state index is -0.843. The molecule has 1 unspecified atom stereocenters. The van der Waals surface area contributed by atoms with E-state index in [9.17, 15) is 14.4 Å². The number of likely N-dealkylation sites (N-methyl/N-ethyl adjacent to an activating group) is 1. The SMILES string of the molecule is C=CC(=O)N1CCN(c2nc(OC[C@@H]3C[C@H](F)CN3C)nc3c2CN(C2CCc4ccccc42)C3)C[C@@H]1CC#N. The molecule has 0 spiro atoms. The molecule has 0 radical (unpaired) electrons. The second-order valence-corrected chi connectivity index (χ2v) is 11.3. The standard InChI is InChI=1S/C30H36FN7O2/c1-3-28(39)38-13-12-36(16-22(38)10-11-32)29-25-17-37(27-9-8-20-6-4-5-7-24(20)27)18-26(25)33-30(34-29)40-19-23-14-21(31)15-35(23)2/h3-7,21-23,27H,1,8-10,12-19H2,2H3/t21-,22-,23-,27?/m0/s1. The molecular weight excluding hydrogens is 509 g/mol. The molecule has 0 bridgehead atoms. The van der Waals surface area contributed by atoms with Crippen LogP contribution in [0.4, 0.5) is 10.2 Å². The lowest BCUT2D eigenvalue weighted by atomic mass is 10.1. The van der Waals surface area contributed by atoms with Crippen molar-refractivity contribution in [2.45, 2.75) is 63.1 Å². The number of nitriles is 1. The van der Waals surface area contributed by atoms with Gasteiger partial charge in [0.1, 0.15) is 18.6 Å². The number of hydrogen-bond acceptors (Lipinski definition) is 8. The van der Waals surface area contributed by atoms with E-state index < -0.39 is 6.17 Å². The highest BCUT2D eigenvalue weighted by molar-refractivity contribution is 5.87. The predicted octanol–water partition coefficient (Wildman–Crippen LogP) is 3.02. The van der Waals surface area contributed by atoms with Gasteiger partial charge in [-0.15, -0.1) is 0 Å². The van der Waals surface area contributed by atoms with Gasteiger partial charge in [-0.25, -0.2) is 4.39 Å². The van der Waals surface area contributed by atoms with Crippen molar-refractivity contribution in [1.82, 2.24) is 24.7 Å². The maximum atomic E-state index is 13.9. The molecule has 2 saturated heterocycles. The number of ether oxygens (including phenoxy) is 1. The third-order valence-corrected chi connectivity index (χ3v) is 8.92. The average Bonchev–Trinajstić information content (AvgIpc) is 3.67. The van der Waals surface area contributed by atoms with E-state index in [1.807, 2.05) is 11.9 Å². The van der Waals surface area contributed by atoms with Gasteiger partial charge in [0, 0.05) is 56.9 Å². The monoisotopic (exact) mass is 545 g/mol. The third-order valence-electron chi connectivity index (χ3n) is 8.92. The van der Waals surface area contributed by atoms with Crippen molar-refractivity contribution < 1.29 is 13.9 Å². The summed E-state index contributed by atoms with van der Waals surface area (Å²) in [4.78, 5) is 30.6. The van der Waals surface area contributed by atoms with Crippen LogP contribution in [0, 0.1) is 11.3 Å². The molecule has 1 aromatic carbocycles. The average molecular weight is 546 g/mol. The zero-order valence-corrected chi connectivity index (χ0v) is 23.0. The van der Waals surface area contributed by atoms with Gasteiger partial charge in [-0.05, 0) is 43.5 Å². The molecule has 2 aromatic rings. The van der Waals surface area contributed by atoms with Crippen molar-refractivity contribution in [1.29, 1.82) is 5.26 Å². The van der Waals surface area contributed by atoms with Gasteiger partial charge < -0.3 is 14.5 Å². The summed E-state index contributed by atoms with van der Waals surface area (Å²) >= 11 is 0. The van der Waals surface area contributed by atoms with Crippen LogP contribution in [0.15, 0.2) is 36.9 Å². The molecule has 1 amide bonds. The Bertz CT molecular complexity index is 1330. The molecule has 10 heteroatoms. The summed E-state index contributed by atoms with van der Waals surface area (Å²) in [6.07, 6.45) is 3.29. The summed E-state index contributed by atoms with van der Waals surface area (Å²) < 4.78 is 20.1. The quantitative estimate of drug-likeness (QED) is 0.491. The van der Waals surface area contributed by atoms with E-state index in [0.29, 0.717) is 57.8 Å². The molecule has 9 nitrogen and oxygen atoms in total. The van der Waals surface area contributed by atoms with Crippen LogP contribution in [0.5, 0.6) is 6.01 Å². The largest absolute Gasteiger partial charge is 0.462 e. The van der Waals surface area contributed by atoms with Crippen molar-refractivity contribution in [2.24, 2.45) is 0 Å². The number of aryl methyl sites for hydroxylation is 1. The van der Waals surface area contributed by atoms with Gasteiger partial charge in [0.2, 0.25) is 5.91 Å². The molecule has 3 aliphatic heterocycles. The summed E-state index contributed by atoms with van der Waals surface area (Å²) in [5.74, 6) is 0.653. The summed E-state index contributed by atoms with van der Waals surface area (Å²) in [5, 5.41) is 9.48. The number of likely N-dealkylation sites (tertiary alicyclic amines) is 1. The Morgan fingerprint density at radius 1 is 1.23 bits per heavy atom. The second kappa shape index (κ2) is 11.1. The number of benzene rings is 1. The maximum Gasteiger partial charge on any atom is 0.318 e. The van der Waals surface area contributed by atoms with E-state index in [0.717, 1.165) is 36.5 Å². The molecular formula is C30H36FN7O2. The molecule has 6 rings (SSSR count). The van der Waals surface area contributed by atoms with E-state index in [-0.39, 0.29) is 24.4 Å². The minimum Gasteiger partial charge on any atom is -0.462 e. The number of nitrogens with zero attached hydrogens (tertiary/aromatic N) is 7.